The number of thiocarbonyl (C=S) groups is 1. The Kier molecular flexibility index (Phi) is 10.5. The van der Waals surface area contributed by atoms with E-state index < -0.39 is 11.8 Å². The van der Waals surface area contributed by atoms with Gasteiger partial charge in [-0.3, -0.25) is 25.8 Å². The number of carbonyl (C=O) groups is 2. The van der Waals surface area contributed by atoms with Gasteiger partial charge in [0.05, 0.1) is 17.2 Å². The van der Waals surface area contributed by atoms with Gasteiger partial charge >= 0.3 is 0 Å². The molecule has 0 radical (unpaired) electrons. The number of hydrogen-bond donors (Lipinski definition) is 3. The Labute approximate surface area is 210 Å². The van der Waals surface area contributed by atoms with Crippen molar-refractivity contribution in [2.75, 3.05) is 13.2 Å². The van der Waals surface area contributed by atoms with Crippen LogP contribution in [-0.2, 0) is 4.79 Å². The molecule has 11 heteroatoms. The van der Waals surface area contributed by atoms with Crippen LogP contribution in [0.4, 0.5) is 0 Å². The van der Waals surface area contributed by atoms with Crippen molar-refractivity contribution < 1.29 is 19.1 Å². The van der Waals surface area contributed by atoms with E-state index in [-0.39, 0.29) is 16.7 Å². The zero-order valence-corrected chi connectivity index (χ0v) is 21.3. The van der Waals surface area contributed by atoms with Gasteiger partial charge in [0.1, 0.15) is 11.5 Å². The molecule has 0 aromatic heterocycles. The van der Waals surface area contributed by atoms with Crippen molar-refractivity contribution in [3.05, 3.63) is 56.5 Å². The Bertz CT molecular complexity index is 992. The number of benzene rings is 2. The largest absolute Gasteiger partial charge is 0.493 e. The molecule has 7 nitrogen and oxygen atoms in total. The van der Waals surface area contributed by atoms with Crippen molar-refractivity contribution in [2.24, 2.45) is 5.92 Å². The Morgan fingerprint density at radius 2 is 1.78 bits per heavy atom. The van der Waals surface area contributed by atoms with E-state index in [1.54, 1.807) is 30.3 Å². The number of hydrogen-bond acceptors (Lipinski definition) is 5. The van der Waals surface area contributed by atoms with E-state index in [0.29, 0.717) is 39.1 Å². The molecule has 0 aliphatic rings. The topological polar surface area (TPSA) is 88.7 Å². The number of amides is 2. The van der Waals surface area contributed by atoms with Crippen LogP contribution in [0, 0.1) is 5.92 Å². The van der Waals surface area contributed by atoms with Crippen molar-refractivity contribution in [1.29, 1.82) is 0 Å². The van der Waals surface area contributed by atoms with Gasteiger partial charge in [-0.25, -0.2) is 0 Å². The first kappa shape index (κ1) is 26.2. The normalized spacial score (nSPS) is 10.4. The van der Waals surface area contributed by atoms with Gasteiger partial charge in [-0.05, 0) is 61.0 Å². The molecule has 0 saturated heterocycles. The van der Waals surface area contributed by atoms with Crippen LogP contribution in [-0.4, -0.2) is 30.1 Å². The van der Waals surface area contributed by atoms with Crippen molar-refractivity contribution in [3.63, 3.8) is 0 Å². The van der Waals surface area contributed by atoms with Crippen LogP contribution in [0.5, 0.6) is 11.5 Å². The highest BCUT2D eigenvalue weighted by molar-refractivity contribution is 9.10. The molecule has 0 heterocycles. The predicted molar refractivity (Wildman–Crippen MR) is 132 cm³/mol. The third-order valence-corrected chi connectivity index (χ3v) is 5.16. The molecular weight excluding hydrogens is 541 g/mol. The van der Waals surface area contributed by atoms with E-state index >= 15 is 0 Å². The van der Waals surface area contributed by atoms with Crippen LogP contribution >= 0.6 is 51.3 Å². The maximum atomic E-state index is 12.6. The third-order valence-electron chi connectivity index (χ3n) is 3.93. The van der Waals surface area contributed by atoms with Crippen LogP contribution in [0.2, 0.25) is 10.0 Å². The van der Waals surface area contributed by atoms with Gasteiger partial charge in [-0.15, -0.1) is 0 Å². The fourth-order valence-electron chi connectivity index (χ4n) is 2.31. The van der Waals surface area contributed by atoms with E-state index in [0.717, 1.165) is 6.42 Å². The minimum atomic E-state index is -0.534. The van der Waals surface area contributed by atoms with Crippen LogP contribution in [0.3, 0.4) is 0 Å². The Hall–Kier alpha value is -2.07. The molecule has 0 aliphatic heterocycles. The molecule has 0 bridgehead atoms. The number of ether oxygens (including phenoxy) is 2. The second-order valence-corrected chi connectivity index (χ2v) is 9.16. The summed E-state index contributed by atoms with van der Waals surface area (Å²) in [6.45, 7) is 4.33. The fraction of sp³-hybridized carbons (Fsp3) is 0.286. The summed E-state index contributed by atoms with van der Waals surface area (Å²) in [5.74, 6) is 0.200. The zero-order valence-electron chi connectivity index (χ0n) is 17.3. The van der Waals surface area contributed by atoms with E-state index in [9.17, 15) is 9.59 Å². The molecule has 32 heavy (non-hydrogen) atoms. The van der Waals surface area contributed by atoms with Gasteiger partial charge in [0, 0.05) is 9.50 Å². The average molecular weight is 563 g/mol. The highest BCUT2D eigenvalue weighted by atomic mass is 79.9. The van der Waals surface area contributed by atoms with Crippen molar-refractivity contribution in [2.45, 2.75) is 20.3 Å². The molecule has 3 N–H and O–H groups in total. The molecule has 0 aliphatic carbocycles. The molecule has 2 rings (SSSR count). The first-order valence-electron chi connectivity index (χ1n) is 9.56. The summed E-state index contributed by atoms with van der Waals surface area (Å²) in [4.78, 5) is 24.6. The summed E-state index contributed by atoms with van der Waals surface area (Å²) in [7, 11) is 0. The zero-order chi connectivity index (χ0) is 23.7. The summed E-state index contributed by atoms with van der Waals surface area (Å²) in [6, 6.07) is 9.76. The summed E-state index contributed by atoms with van der Waals surface area (Å²) < 4.78 is 11.8. The summed E-state index contributed by atoms with van der Waals surface area (Å²) in [5, 5.41) is 3.13. The van der Waals surface area contributed by atoms with E-state index in [1.165, 1.54) is 6.07 Å². The van der Waals surface area contributed by atoms with E-state index in [2.05, 4.69) is 45.9 Å². The smallest absolute Gasteiger partial charge is 0.276 e. The number of rotatable bonds is 8. The molecule has 172 valence electrons. The van der Waals surface area contributed by atoms with Crippen molar-refractivity contribution in [3.8, 4) is 11.5 Å². The first-order chi connectivity index (χ1) is 15.2. The lowest BCUT2D eigenvalue weighted by atomic mass is 10.1. The lowest BCUT2D eigenvalue weighted by molar-refractivity contribution is -0.123. The maximum Gasteiger partial charge on any atom is 0.276 e. The summed E-state index contributed by atoms with van der Waals surface area (Å²) >= 11 is 20.2. The van der Waals surface area contributed by atoms with Gasteiger partial charge in [-0.2, -0.15) is 0 Å². The summed E-state index contributed by atoms with van der Waals surface area (Å²) in [5.41, 5.74) is 5.09. The molecule has 0 spiro atoms. The van der Waals surface area contributed by atoms with E-state index in [1.807, 2.05) is 0 Å². The predicted octanol–water partition coefficient (Wildman–Crippen LogP) is 4.90. The second-order valence-electron chi connectivity index (χ2n) is 6.99. The molecule has 0 unspecified atom stereocenters. The fourth-order valence-corrected chi connectivity index (χ4v) is 3.28. The lowest BCUT2D eigenvalue weighted by Crippen LogP contribution is -2.49. The van der Waals surface area contributed by atoms with Gasteiger partial charge in [0.25, 0.3) is 11.8 Å². The first-order valence-corrected chi connectivity index (χ1v) is 11.5. The highest BCUT2D eigenvalue weighted by Crippen LogP contribution is 2.27. The molecule has 2 aromatic carbocycles. The van der Waals surface area contributed by atoms with Gasteiger partial charge in [0.15, 0.2) is 11.7 Å². The number of nitrogens with one attached hydrogen (secondary N) is 3. The van der Waals surface area contributed by atoms with Crippen LogP contribution < -0.4 is 25.6 Å². The molecule has 2 amide bonds. The highest BCUT2D eigenvalue weighted by Gasteiger charge is 2.15. The van der Waals surface area contributed by atoms with Crippen LogP contribution in [0.25, 0.3) is 0 Å². The molecule has 0 atom stereocenters. The van der Waals surface area contributed by atoms with Gasteiger partial charge in [0.2, 0.25) is 0 Å². The Morgan fingerprint density at radius 3 is 2.47 bits per heavy atom. The lowest BCUT2D eigenvalue weighted by Gasteiger charge is -2.14. The van der Waals surface area contributed by atoms with Gasteiger partial charge in [-0.1, -0.05) is 53.0 Å². The molecule has 0 fully saturated rings. The van der Waals surface area contributed by atoms with Crippen LogP contribution in [0.1, 0.15) is 30.6 Å². The second kappa shape index (κ2) is 12.8. The number of halogens is 3. The van der Waals surface area contributed by atoms with Crippen LogP contribution in [0.15, 0.2) is 40.9 Å². The average Bonchev–Trinajstić information content (AvgIpc) is 2.72. The molecular formula is C21H22BrCl2N3O4S. The quantitative estimate of drug-likeness (QED) is 0.313. The van der Waals surface area contributed by atoms with Crippen molar-refractivity contribution >= 4 is 68.3 Å². The van der Waals surface area contributed by atoms with Crippen molar-refractivity contribution in [1.82, 2.24) is 16.2 Å². The number of hydrazine groups is 1. The molecule has 0 saturated carbocycles. The minimum Gasteiger partial charge on any atom is -0.493 e. The Balaban J connectivity index is 1.85. The standard InChI is InChI=1S/C21H22BrCl2N3O4S/c1-12(2)7-8-30-17-5-3-13(22)9-15(17)20(29)25-21(32)27-26-19(28)11-31-18-6-4-14(23)10-16(18)24/h3-6,9-10,12H,7-8,11H2,1-2H3,(H,26,28)(H2,25,27,29,32). The number of carbonyl (C=O) groups excluding carboxylic acids is 2. The molecule has 2 aromatic rings. The SMILES string of the molecule is CC(C)CCOc1ccc(Br)cc1C(=O)NC(=S)NNC(=O)COc1ccc(Cl)cc1Cl. The van der Waals surface area contributed by atoms with E-state index in [4.69, 9.17) is 44.9 Å². The monoisotopic (exact) mass is 561 g/mol. The minimum absolute atomic E-state index is 0.0963. The summed E-state index contributed by atoms with van der Waals surface area (Å²) in [6.07, 6.45) is 0.854. The van der Waals surface area contributed by atoms with Gasteiger partial charge < -0.3 is 9.47 Å². The maximum absolute atomic E-state index is 12.6. The third kappa shape index (κ3) is 8.82. The Morgan fingerprint density at radius 1 is 1.06 bits per heavy atom.